The zero-order valence-electron chi connectivity index (χ0n) is 10.6. The quantitative estimate of drug-likeness (QED) is 0.850. The molecule has 0 aliphatic heterocycles. The van der Waals surface area contributed by atoms with Crippen LogP contribution >= 0.6 is 11.6 Å². The lowest BCUT2D eigenvalue weighted by Crippen LogP contribution is -2.34. The first-order valence-corrected chi connectivity index (χ1v) is 7.17. The van der Waals surface area contributed by atoms with Crippen molar-refractivity contribution < 1.29 is 8.42 Å². The van der Waals surface area contributed by atoms with Gasteiger partial charge in [-0.1, -0.05) is 38.4 Å². The highest BCUT2D eigenvalue weighted by atomic mass is 35.5. The number of rotatable bonds is 3. The Morgan fingerprint density at radius 2 is 1.88 bits per heavy atom. The second kappa shape index (κ2) is 4.96. The summed E-state index contributed by atoms with van der Waals surface area (Å²) >= 11 is 5.81. The van der Waals surface area contributed by atoms with E-state index in [9.17, 15) is 8.42 Å². The Labute approximate surface area is 108 Å². The molecule has 0 saturated carbocycles. The molecule has 0 spiro atoms. The van der Waals surface area contributed by atoms with E-state index in [2.05, 4.69) is 0 Å². The third kappa shape index (κ3) is 3.98. The largest absolute Gasteiger partial charge is 0.242 e. The maximum Gasteiger partial charge on any atom is 0.242 e. The molecule has 5 heteroatoms. The molecule has 0 heterocycles. The third-order valence-corrected chi connectivity index (χ3v) is 4.24. The zero-order valence-corrected chi connectivity index (χ0v) is 12.1. The lowest BCUT2D eigenvalue weighted by molar-refractivity contribution is 0.311. The van der Waals surface area contributed by atoms with E-state index in [1.165, 1.54) is 10.4 Å². The fourth-order valence-corrected chi connectivity index (χ4v) is 3.26. The SMILES string of the molecule is CN(CC(C)(C)C)S(=O)(=O)c1cccc(Cl)c1. The van der Waals surface area contributed by atoms with Crippen LogP contribution in [0.5, 0.6) is 0 Å². The van der Waals surface area contributed by atoms with Gasteiger partial charge in [0, 0.05) is 18.6 Å². The van der Waals surface area contributed by atoms with Gasteiger partial charge in [0.1, 0.15) is 0 Å². The molecule has 0 unspecified atom stereocenters. The van der Waals surface area contributed by atoms with Crippen molar-refractivity contribution in [3.63, 3.8) is 0 Å². The molecule has 1 aromatic carbocycles. The van der Waals surface area contributed by atoms with E-state index in [1.807, 2.05) is 20.8 Å². The summed E-state index contributed by atoms with van der Waals surface area (Å²) in [5.41, 5.74) is -0.0829. The average Bonchev–Trinajstić information content (AvgIpc) is 2.15. The van der Waals surface area contributed by atoms with E-state index >= 15 is 0 Å². The number of hydrogen-bond acceptors (Lipinski definition) is 2. The molecule has 1 aromatic rings. The van der Waals surface area contributed by atoms with Crippen molar-refractivity contribution >= 4 is 21.6 Å². The molecule has 17 heavy (non-hydrogen) atoms. The molecule has 0 radical (unpaired) electrons. The van der Waals surface area contributed by atoms with Gasteiger partial charge in [-0.3, -0.25) is 0 Å². The summed E-state index contributed by atoms with van der Waals surface area (Å²) < 4.78 is 25.8. The summed E-state index contributed by atoms with van der Waals surface area (Å²) in [5.74, 6) is 0. The van der Waals surface area contributed by atoms with Gasteiger partial charge in [0.05, 0.1) is 4.90 Å². The summed E-state index contributed by atoms with van der Waals surface area (Å²) in [6, 6.07) is 6.32. The summed E-state index contributed by atoms with van der Waals surface area (Å²) in [6.07, 6.45) is 0. The van der Waals surface area contributed by atoms with Crippen LogP contribution < -0.4 is 0 Å². The van der Waals surface area contributed by atoms with Gasteiger partial charge < -0.3 is 0 Å². The van der Waals surface area contributed by atoms with Crippen molar-refractivity contribution in [2.24, 2.45) is 5.41 Å². The van der Waals surface area contributed by atoms with Gasteiger partial charge in [-0.25, -0.2) is 12.7 Å². The molecule has 96 valence electrons. The molecule has 0 aromatic heterocycles. The number of halogens is 1. The van der Waals surface area contributed by atoms with E-state index < -0.39 is 10.0 Å². The number of sulfonamides is 1. The normalized spacial score (nSPS) is 13.1. The average molecular weight is 276 g/mol. The summed E-state index contributed by atoms with van der Waals surface area (Å²) in [4.78, 5) is 0.233. The van der Waals surface area contributed by atoms with Gasteiger partial charge in [-0.15, -0.1) is 0 Å². The van der Waals surface area contributed by atoms with E-state index in [1.54, 1.807) is 25.2 Å². The lowest BCUT2D eigenvalue weighted by Gasteiger charge is -2.26. The molecule has 0 atom stereocenters. The zero-order chi connectivity index (χ0) is 13.3. The summed E-state index contributed by atoms with van der Waals surface area (Å²) in [7, 11) is -1.86. The van der Waals surface area contributed by atoms with Crippen molar-refractivity contribution in [1.82, 2.24) is 4.31 Å². The highest BCUT2D eigenvalue weighted by molar-refractivity contribution is 7.89. The highest BCUT2D eigenvalue weighted by Gasteiger charge is 2.25. The van der Waals surface area contributed by atoms with Crippen molar-refractivity contribution in [2.75, 3.05) is 13.6 Å². The predicted octanol–water partition coefficient (Wildman–Crippen LogP) is 3.01. The second-order valence-electron chi connectivity index (χ2n) is 5.28. The highest BCUT2D eigenvalue weighted by Crippen LogP contribution is 2.22. The minimum Gasteiger partial charge on any atom is -0.207 e. The van der Waals surface area contributed by atoms with Crippen LogP contribution in [0.25, 0.3) is 0 Å². The van der Waals surface area contributed by atoms with Crippen molar-refractivity contribution in [3.8, 4) is 0 Å². The van der Waals surface area contributed by atoms with Crippen molar-refractivity contribution in [3.05, 3.63) is 29.3 Å². The lowest BCUT2D eigenvalue weighted by atomic mass is 9.97. The van der Waals surface area contributed by atoms with Crippen LogP contribution in [0, 0.1) is 5.41 Å². The molecule has 0 amide bonds. The maximum atomic E-state index is 12.2. The van der Waals surface area contributed by atoms with Crippen molar-refractivity contribution in [2.45, 2.75) is 25.7 Å². The Bertz CT molecular complexity index is 491. The van der Waals surface area contributed by atoms with Crippen LogP contribution in [-0.2, 0) is 10.0 Å². The van der Waals surface area contributed by atoms with Gasteiger partial charge in [-0.2, -0.15) is 0 Å². The monoisotopic (exact) mass is 275 g/mol. The first-order chi connectivity index (χ1) is 7.63. The molecule has 0 fully saturated rings. The molecule has 1 rings (SSSR count). The van der Waals surface area contributed by atoms with Crippen LogP contribution in [0.15, 0.2) is 29.2 Å². The Hall–Kier alpha value is -0.580. The molecule has 0 N–H and O–H groups in total. The molecule has 0 aliphatic rings. The Morgan fingerprint density at radius 3 is 2.35 bits per heavy atom. The minimum atomic E-state index is -3.45. The minimum absolute atomic E-state index is 0.0829. The predicted molar refractivity (Wildman–Crippen MR) is 70.7 cm³/mol. The second-order valence-corrected chi connectivity index (χ2v) is 7.76. The van der Waals surface area contributed by atoms with Gasteiger partial charge in [0.15, 0.2) is 0 Å². The number of benzene rings is 1. The molecule has 0 aliphatic carbocycles. The Balaban J connectivity index is 3.04. The summed E-state index contributed by atoms with van der Waals surface area (Å²) in [5, 5.41) is 0.426. The first-order valence-electron chi connectivity index (χ1n) is 5.35. The smallest absolute Gasteiger partial charge is 0.207 e. The van der Waals surface area contributed by atoms with Crippen LogP contribution in [0.2, 0.25) is 5.02 Å². The van der Waals surface area contributed by atoms with Crippen LogP contribution in [0.3, 0.4) is 0 Å². The third-order valence-electron chi connectivity index (χ3n) is 2.20. The van der Waals surface area contributed by atoms with Crippen LogP contribution in [-0.4, -0.2) is 26.3 Å². The maximum absolute atomic E-state index is 12.2. The van der Waals surface area contributed by atoms with Gasteiger partial charge in [0.25, 0.3) is 0 Å². The number of nitrogens with zero attached hydrogens (tertiary/aromatic N) is 1. The number of hydrogen-bond donors (Lipinski definition) is 0. The van der Waals surface area contributed by atoms with Gasteiger partial charge >= 0.3 is 0 Å². The standard InChI is InChI=1S/C12H18ClNO2S/c1-12(2,3)9-14(4)17(15,16)11-7-5-6-10(13)8-11/h5-8H,9H2,1-4H3. The van der Waals surface area contributed by atoms with Gasteiger partial charge in [0.2, 0.25) is 10.0 Å². The van der Waals surface area contributed by atoms with Gasteiger partial charge in [-0.05, 0) is 23.6 Å². The van der Waals surface area contributed by atoms with E-state index in [0.717, 1.165) is 0 Å². The van der Waals surface area contributed by atoms with Crippen LogP contribution in [0.1, 0.15) is 20.8 Å². The van der Waals surface area contributed by atoms with Crippen LogP contribution in [0.4, 0.5) is 0 Å². The van der Waals surface area contributed by atoms with Crippen molar-refractivity contribution in [1.29, 1.82) is 0 Å². The van der Waals surface area contributed by atoms with E-state index in [4.69, 9.17) is 11.6 Å². The summed E-state index contributed by atoms with van der Waals surface area (Å²) in [6.45, 7) is 6.45. The molecular weight excluding hydrogens is 258 g/mol. The topological polar surface area (TPSA) is 37.4 Å². The Morgan fingerprint density at radius 1 is 1.29 bits per heavy atom. The van der Waals surface area contributed by atoms with E-state index in [-0.39, 0.29) is 10.3 Å². The fraction of sp³-hybridized carbons (Fsp3) is 0.500. The molecule has 3 nitrogen and oxygen atoms in total. The molecular formula is C12H18ClNO2S. The van der Waals surface area contributed by atoms with E-state index in [0.29, 0.717) is 11.6 Å². The molecule has 0 saturated heterocycles. The first kappa shape index (κ1) is 14.5. The molecule has 0 bridgehead atoms. The fourth-order valence-electron chi connectivity index (χ4n) is 1.56. The Kier molecular flexibility index (Phi) is 4.23.